The molecule has 0 radical (unpaired) electrons. The van der Waals surface area contributed by atoms with Gasteiger partial charge in [0.2, 0.25) is 15.6 Å². The molecule has 0 fully saturated rings. The lowest BCUT2D eigenvalue weighted by Gasteiger charge is -2.00. The molecule has 1 aromatic heterocycles. The number of carboxylic acids is 1. The number of rotatable bonds is 6. The van der Waals surface area contributed by atoms with Gasteiger partial charge in [-0.1, -0.05) is 18.2 Å². The summed E-state index contributed by atoms with van der Waals surface area (Å²) in [5.41, 5.74) is -0.0656. The van der Waals surface area contributed by atoms with Gasteiger partial charge in [-0.05, 0) is 18.2 Å². The van der Waals surface area contributed by atoms with Crippen LogP contribution in [0.3, 0.4) is 0 Å². The molecule has 0 unspecified atom stereocenters. The highest BCUT2D eigenvalue weighted by Gasteiger charge is 2.23. The highest BCUT2D eigenvalue weighted by Crippen LogP contribution is 2.20. The smallest absolute Gasteiger partial charge is 0.372 e. The molecule has 2 rings (SSSR count). The summed E-state index contributed by atoms with van der Waals surface area (Å²) in [6.45, 7) is 0. The number of carboxylic acid groups (broad SMARTS) is 1. The Hall–Kier alpha value is -2.74. The number of carbonyl (C=O) groups is 3. The van der Waals surface area contributed by atoms with Crippen LogP contribution in [0.15, 0.2) is 52.5 Å². The van der Waals surface area contributed by atoms with Crippen molar-refractivity contribution >= 4 is 27.4 Å². The highest BCUT2D eigenvalue weighted by molar-refractivity contribution is 7.91. The molecule has 8 heteroatoms. The molecule has 1 heterocycles. The molecule has 114 valence electrons. The van der Waals surface area contributed by atoms with Crippen LogP contribution in [-0.4, -0.2) is 36.0 Å². The summed E-state index contributed by atoms with van der Waals surface area (Å²) in [7, 11) is -3.81. The Morgan fingerprint density at radius 2 is 1.73 bits per heavy atom. The molecule has 1 aromatic carbocycles. The summed E-state index contributed by atoms with van der Waals surface area (Å²) < 4.78 is 24.6. The third-order valence-electron chi connectivity index (χ3n) is 2.88. The number of Topliss-reactive ketones (excluding diaryl/α,β-unsaturated/α-hetero) is 2. The van der Waals surface area contributed by atoms with Gasteiger partial charge in [0.25, 0.3) is 0 Å². The Kier molecular flexibility index (Phi) is 4.22. The molecule has 0 spiro atoms. The van der Waals surface area contributed by atoms with Gasteiger partial charge in [-0.15, -0.1) is 0 Å². The highest BCUT2D eigenvalue weighted by atomic mass is 32.2. The number of ketones is 2. The van der Waals surface area contributed by atoms with Crippen LogP contribution >= 0.6 is 0 Å². The van der Waals surface area contributed by atoms with Crippen LogP contribution in [0.2, 0.25) is 0 Å². The van der Waals surface area contributed by atoms with Crippen molar-refractivity contribution in [1.29, 1.82) is 0 Å². The normalized spacial score (nSPS) is 11.1. The Balaban J connectivity index is 2.27. The number of carbonyl (C=O) groups excluding carboxylic acids is 2. The van der Waals surface area contributed by atoms with E-state index in [1.807, 2.05) is 0 Å². The predicted octanol–water partition coefficient (Wildman–Crippen LogP) is 1.07. The van der Waals surface area contributed by atoms with Crippen LogP contribution in [0.4, 0.5) is 0 Å². The molecule has 22 heavy (non-hydrogen) atoms. The Morgan fingerprint density at radius 1 is 1.09 bits per heavy atom. The summed E-state index contributed by atoms with van der Waals surface area (Å²) >= 11 is 0. The quantitative estimate of drug-likeness (QED) is 0.466. The first-order valence-corrected chi connectivity index (χ1v) is 7.58. The molecule has 0 bridgehead atoms. The lowest BCUT2D eigenvalue weighted by molar-refractivity contribution is -0.148. The van der Waals surface area contributed by atoms with Crippen LogP contribution in [-0.2, 0) is 19.4 Å². The maximum atomic E-state index is 12.3. The Morgan fingerprint density at radius 3 is 2.32 bits per heavy atom. The average molecular weight is 321 g/mol. The van der Waals surface area contributed by atoms with E-state index in [1.165, 1.54) is 12.1 Å². The van der Waals surface area contributed by atoms with Gasteiger partial charge in [0.1, 0.15) is 5.03 Å². The standard InChI is InChI=1S/C14H11NO6S/c16-11(7-12(17)14(18)19)9-6-13(15-8-9)22(20,21)10-4-2-1-3-5-10/h1-6,8,15H,7H2,(H,18,19). The van der Waals surface area contributed by atoms with E-state index in [0.717, 1.165) is 12.3 Å². The van der Waals surface area contributed by atoms with Crippen molar-refractivity contribution in [2.75, 3.05) is 0 Å². The molecule has 0 aliphatic heterocycles. The summed E-state index contributed by atoms with van der Waals surface area (Å²) in [6.07, 6.45) is 0.311. The van der Waals surface area contributed by atoms with E-state index in [4.69, 9.17) is 5.11 Å². The Labute approximate surface area is 125 Å². The molecule has 0 aliphatic rings. The second-order valence-electron chi connectivity index (χ2n) is 4.40. The topological polar surface area (TPSA) is 121 Å². The number of nitrogens with one attached hydrogen (secondary N) is 1. The van der Waals surface area contributed by atoms with Crippen molar-refractivity contribution in [1.82, 2.24) is 4.98 Å². The molecular formula is C14H11NO6S. The van der Waals surface area contributed by atoms with Crippen LogP contribution in [0, 0.1) is 0 Å². The van der Waals surface area contributed by atoms with E-state index >= 15 is 0 Å². The zero-order valence-corrected chi connectivity index (χ0v) is 12.0. The first-order chi connectivity index (χ1) is 10.3. The van der Waals surface area contributed by atoms with Crippen molar-refractivity contribution in [2.24, 2.45) is 0 Å². The fourth-order valence-electron chi connectivity index (χ4n) is 1.74. The number of sulfone groups is 1. The number of aliphatic carboxylic acids is 1. The minimum Gasteiger partial charge on any atom is -0.475 e. The van der Waals surface area contributed by atoms with E-state index in [0.29, 0.717) is 0 Å². The van der Waals surface area contributed by atoms with E-state index in [1.54, 1.807) is 18.2 Å². The van der Waals surface area contributed by atoms with Crippen molar-refractivity contribution in [3.63, 3.8) is 0 Å². The number of hydrogen-bond donors (Lipinski definition) is 2. The van der Waals surface area contributed by atoms with Gasteiger partial charge in [-0.3, -0.25) is 9.59 Å². The molecule has 0 amide bonds. The van der Waals surface area contributed by atoms with Crippen molar-refractivity contribution in [2.45, 2.75) is 16.3 Å². The number of aromatic nitrogens is 1. The van der Waals surface area contributed by atoms with Gasteiger partial charge in [0.05, 0.1) is 11.3 Å². The van der Waals surface area contributed by atoms with Gasteiger partial charge in [0, 0.05) is 11.8 Å². The molecule has 0 saturated heterocycles. The largest absolute Gasteiger partial charge is 0.475 e. The molecular weight excluding hydrogens is 310 g/mol. The van der Waals surface area contributed by atoms with E-state index in [9.17, 15) is 22.8 Å². The molecule has 0 saturated carbocycles. The number of hydrogen-bond acceptors (Lipinski definition) is 5. The summed E-state index contributed by atoms with van der Waals surface area (Å²) in [5, 5.41) is 8.25. The summed E-state index contributed by atoms with van der Waals surface area (Å²) in [4.78, 5) is 35.7. The van der Waals surface area contributed by atoms with Crippen LogP contribution in [0.1, 0.15) is 16.8 Å². The van der Waals surface area contributed by atoms with Gasteiger partial charge in [-0.25, -0.2) is 13.2 Å². The van der Waals surface area contributed by atoms with Crippen molar-refractivity contribution < 1.29 is 27.9 Å². The van der Waals surface area contributed by atoms with Crippen LogP contribution in [0.25, 0.3) is 0 Å². The molecule has 2 aromatic rings. The first kappa shape index (κ1) is 15.6. The third kappa shape index (κ3) is 3.12. The minimum atomic E-state index is -3.81. The first-order valence-electron chi connectivity index (χ1n) is 6.10. The zero-order valence-electron chi connectivity index (χ0n) is 11.1. The molecule has 2 N–H and O–H groups in total. The van der Waals surface area contributed by atoms with Gasteiger partial charge in [-0.2, -0.15) is 0 Å². The van der Waals surface area contributed by atoms with E-state index < -0.39 is 33.8 Å². The number of benzene rings is 1. The second kappa shape index (κ2) is 5.94. The van der Waals surface area contributed by atoms with Crippen molar-refractivity contribution in [3.8, 4) is 0 Å². The maximum Gasteiger partial charge on any atom is 0.372 e. The van der Waals surface area contributed by atoms with Crippen LogP contribution in [0.5, 0.6) is 0 Å². The minimum absolute atomic E-state index is 0.0532. The van der Waals surface area contributed by atoms with Gasteiger partial charge in [0.15, 0.2) is 5.78 Å². The SMILES string of the molecule is O=C(O)C(=O)CC(=O)c1c[nH]c(S(=O)(=O)c2ccccc2)c1. The fraction of sp³-hybridized carbons (Fsp3) is 0.0714. The van der Waals surface area contributed by atoms with Gasteiger partial charge >= 0.3 is 5.97 Å². The van der Waals surface area contributed by atoms with Crippen molar-refractivity contribution in [3.05, 3.63) is 48.2 Å². The fourth-order valence-corrected chi connectivity index (χ4v) is 3.01. The second-order valence-corrected chi connectivity index (χ2v) is 6.32. The van der Waals surface area contributed by atoms with E-state index in [-0.39, 0.29) is 15.5 Å². The number of H-pyrrole nitrogens is 1. The third-order valence-corrected chi connectivity index (χ3v) is 4.59. The monoisotopic (exact) mass is 321 g/mol. The maximum absolute atomic E-state index is 12.3. The number of aromatic amines is 1. The summed E-state index contributed by atoms with van der Waals surface area (Å²) in [6, 6.07) is 8.69. The van der Waals surface area contributed by atoms with E-state index in [2.05, 4.69) is 4.98 Å². The zero-order chi connectivity index (χ0) is 16.3. The van der Waals surface area contributed by atoms with Crippen LogP contribution < -0.4 is 0 Å². The molecule has 0 aliphatic carbocycles. The molecule has 7 nitrogen and oxygen atoms in total. The lowest BCUT2D eigenvalue weighted by atomic mass is 10.1. The van der Waals surface area contributed by atoms with Gasteiger partial charge < -0.3 is 10.1 Å². The lowest BCUT2D eigenvalue weighted by Crippen LogP contribution is -2.16. The average Bonchev–Trinajstić information content (AvgIpc) is 2.98. The molecule has 0 atom stereocenters. The summed E-state index contributed by atoms with van der Waals surface area (Å²) in [5.74, 6) is -3.72. The predicted molar refractivity (Wildman–Crippen MR) is 74.3 cm³/mol. The Bertz CT molecular complexity index is 835.